The molecule has 0 saturated heterocycles. The lowest BCUT2D eigenvalue weighted by molar-refractivity contribution is 0.0726. The van der Waals surface area contributed by atoms with Gasteiger partial charge in [-0.3, -0.25) is 0 Å². The quantitative estimate of drug-likeness (QED) is 0.247. The first-order valence-corrected chi connectivity index (χ1v) is 9.61. The summed E-state index contributed by atoms with van der Waals surface area (Å²) in [5, 5.41) is 0. The maximum absolute atomic E-state index is 13.8. The number of aryl methyl sites for hydroxylation is 1. The maximum atomic E-state index is 13.8. The molecule has 0 radical (unpaired) electrons. The largest absolute Gasteiger partial charge is 0.420 e. The number of ether oxygens (including phenoxy) is 1. The maximum Gasteiger partial charge on any atom is 0.343 e. The number of alkyl halides is 1. The Labute approximate surface area is 159 Å². The number of carbonyl (C=O) groups is 1. The standard InChI is InChI=1S/C20H19F2IO2/c1-12-2-11-17(19(22)18(12)21)25-20(24)15-5-3-13(4-6-15)14-7-9-16(23)10-8-14/h2-6,11,14,16H,7-10H2,1H3. The fourth-order valence-corrected chi connectivity index (χ4v) is 3.86. The average molecular weight is 456 g/mol. The summed E-state index contributed by atoms with van der Waals surface area (Å²) in [5.41, 5.74) is 1.71. The molecule has 2 nitrogen and oxygen atoms in total. The van der Waals surface area contributed by atoms with Gasteiger partial charge in [-0.2, -0.15) is 4.39 Å². The second-order valence-corrected chi connectivity index (χ2v) is 8.23. The van der Waals surface area contributed by atoms with Crippen molar-refractivity contribution in [3.8, 4) is 5.75 Å². The fourth-order valence-electron chi connectivity index (χ4n) is 3.14. The third-order valence-corrected chi connectivity index (χ3v) is 5.96. The molecule has 0 amide bonds. The highest BCUT2D eigenvalue weighted by atomic mass is 127. The van der Waals surface area contributed by atoms with Gasteiger partial charge in [0, 0.05) is 3.92 Å². The van der Waals surface area contributed by atoms with Gasteiger partial charge in [-0.05, 0) is 67.9 Å². The SMILES string of the molecule is Cc1ccc(OC(=O)c2ccc(C3CCC(I)CC3)cc2)c(F)c1F. The van der Waals surface area contributed by atoms with Crippen molar-refractivity contribution in [1.29, 1.82) is 0 Å². The van der Waals surface area contributed by atoms with Crippen LogP contribution in [0.3, 0.4) is 0 Å². The van der Waals surface area contributed by atoms with E-state index in [1.54, 1.807) is 12.1 Å². The Morgan fingerprint density at radius 2 is 1.64 bits per heavy atom. The molecular formula is C20H19F2IO2. The minimum atomic E-state index is -1.14. The fraction of sp³-hybridized carbons (Fsp3) is 0.350. The minimum Gasteiger partial charge on any atom is -0.420 e. The van der Waals surface area contributed by atoms with Crippen LogP contribution >= 0.6 is 22.6 Å². The molecular weight excluding hydrogens is 437 g/mol. The second kappa shape index (κ2) is 7.81. The van der Waals surface area contributed by atoms with Crippen LogP contribution in [-0.4, -0.2) is 9.89 Å². The average Bonchev–Trinajstić information content (AvgIpc) is 2.63. The molecule has 1 saturated carbocycles. The highest BCUT2D eigenvalue weighted by molar-refractivity contribution is 14.1. The molecule has 1 fully saturated rings. The van der Waals surface area contributed by atoms with Gasteiger partial charge in [0.05, 0.1) is 5.56 Å². The first kappa shape index (κ1) is 18.3. The van der Waals surface area contributed by atoms with Gasteiger partial charge in [0.25, 0.3) is 0 Å². The molecule has 1 aliphatic rings. The van der Waals surface area contributed by atoms with Crippen LogP contribution in [0.4, 0.5) is 8.78 Å². The smallest absolute Gasteiger partial charge is 0.343 e. The third-order valence-electron chi connectivity index (χ3n) is 4.72. The van der Waals surface area contributed by atoms with Crippen molar-refractivity contribution >= 4 is 28.6 Å². The highest BCUT2D eigenvalue weighted by Gasteiger charge is 2.21. The Hall–Kier alpha value is -1.50. The highest BCUT2D eigenvalue weighted by Crippen LogP contribution is 2.35. The van der Waals surface area contributed by atoms with Crippen molar-refractivity contribution < 1.29 is 18.3 Å². The third kappa shape index (κ3) is 4.19. The zero-order valence-electron chi connectivity index (χ0n) is 13.9. The molecule has 3 rings (SSSR count). The topological polar surface area (TPSA) is 26.3 Å². The van der Waals surface area contributed by atoms with Crippen molar-refractivity contribution in [3.05, 3.63) is 64.7 Å². The van der Waals surface area contributed by atoms with Crippen LogP contribution in [0.5, 0.6) is 5.75 Å². The van der Waals surface area contributed by atoms with Crippen LogP contribution < -0.4 is 4.74 Å². The van der Waals surface area contributed by atoms with Crippen LogP contribution in [0.15, 0.2) is 36.4 Å². The van der Waals surface area contributed by atoms with E-state index in [4.69, 9.17) is 4.74 Å². The lowest BCUT2D eigenvalue weighted by atomic mass is 9.84. The van der Waals surface area contributed by atoms with Crippen molar-refractivity contribution in [2.24, 2.45) is 0 Å². The van der Waals surface area contributed by atoms with Crippen LogP contribution in [0, 0.1) is 18.6 Å². The minimum absolute atomic E-state index is 0.169. The van der Waals surface area contributed by atoms with E-state index in [0.717, 1.165) is 16.8 Å². The van der Waals surface area contributed by atoms with E-state index in [0.29, 0.717) is 11.5 Å². The number of hydrogen-bond donors (Lipinski definition) is 0. The molecule has 2 aromatic rings. The molecule has 0 aromatic heterocycles. The number of hydrogen-bond acceptors (Lipinski definition) is 2. The van der Waals surface area contributed by atoms with Crippen LogP contribution in [-0.2, 0) is 0 Å². The normalized spacial score (nSPS) is 20.3. The van der Waals surface area contributed by atoms with Crippen molar-refractivity contribution in [3.63, 3.8) is 0 Å². The van der Waals surface area contributed by atoms with Crippen LogP contribution in [0.2, 0.25) is 0 Å². The van der Waals surface area contributed by atoms with E-state index < -0.39 is 23.4 Å². The summed E-state index contributed by atoms with van der Waals surface area (Å²) in [7, 11) is 0. The van der Waals surface area contributed by atoms with E-state index in [1.807, 2.05) is 12.1 Å². The number of carbonyl (C=O) groups excluding carboxylic acids is 1. The van der Waals surface area contributed by atoms with Gasteiger partial charge < -0.3 is 4.74 Å². The molecule has 25 heavy (non-hydrogen) atoms. The summed E-state index contributed by atoms with van der Waals surface area (Å²) in [6.45, 7) is 1.45. The Morgan fingerprint density at radius 3 is 2.28 bits per heavy atom. The molecule has 0 bridgehead atoms. The van der Waals surface area contributed by atoms with Gasteiger partial charge >= 0.3 is 5.97 Å². The Kier molecular flexibility index (Phi) is 5.71. The second-order valence-electron chi connectivity index (χ2n) is 6.47. The zero-order valence-corrected chi connectivity index (χ0v) is 16.1. The van der Waals surface area contributed by atoms with Crippen molar-refractivity contribution in [2.45, 2.75) is 42.4 Å². The summed E-state index contributed by atoms with van der Waals surface area (Å²) < 4.78 is 33.2. The molecule has 0 aliphatic heterocycles. The van der Waals surface area contributed by atoms with Gasteiger partial charge in [-0.1, -0.05) is 40.8 Å². The summed E-state index contributed by atoms with van der Waals surface area (Å²) in [6, 6.07) is 9.89. The molecule has 0 heterocycles. The van der Waals surface area contributed by atoms with E-state index in [-0.39, 0.29) is 5.56 Å². The van der Waals surface area contributed by atoms with Crippen molar-refractivity contribution in [1.82, 2.24) is 0 Å². The molecule has 1 aliphatic carbocycles. The number of benzene rings is 2. The Morgan fingerprint density at radius 1 is 1.00 bits per heavy atom. The summed E-state index contributed by atoms with van der Waals surface area (Å²) >= 11 is 2.50. The van der Waals surface area contributed by atoms with E-state index >= 15 is 0 Å². The van der Waals surface area contributed by atoms with Gasteiger partial charge in [0.2, 0.25) is 5.82 Å². The van der Waals surface area contributed by atoms with Gasteiger partial charge in [-0.15, -0.1) is 0 Å². The monoisotopic (exact) mass is 456 g/mol. The van der Waals surface area contributed by atoms with E-state index in [2.05, 4.69) is 22.6 Å². The van der Waals surface area contributed by atoms with Gasteiger partial charge in [0.15, 0.2) is 11.6 Å². The summed E-state index contributed by atoms with van der Waals surface area (Å²) in [4.78, 5) is 12.2. The molecule has 5 heteroatoms. The predicted molar refractivity (Wildman–Crippen MR) is 102 cm³/mol. The number of esters is 1. The van der Waals surface area contributed by atoms with E-state index in [1.165, 1.54) is 37.5 Å². The van der Waals surface area contributed by atoms with E-state index in [9.17, 15) is 13.6 Å². The van der Waals surface area contributed by atoms with Crippen LogP contribution in [0.25, 0.3) is 0 Å². The molecule has 0 unspecified atom stereocenters. The Balaban J connectivity index is 1.70. The lowest BCUT2D eigenvalue weighted by Gasteiger charge is -2.25. The first-order chi connectivity index (χ1) is 12.0. The Bertz CT molecular complexity index is 766. The zero-order chi connectivity index (χ0) is 18.0. The molecule has 132 valence electrons. The van der Waals surface area contributed by atoms with Crippen LogP contribution in [0.1, 0.15) is 53.1 Å². The summed E-state index contributed by atoms with van der Waals surface area (Å²) in [6.07, 6.45) is 4.75. The lowest BCUT2D eigenvalue weighted by Crippen LogP contribution is -2.13. The molecule has 0 N–H and O–H groups in total. The molecule has 2 aromatic carbocycles. The van der Waals surface area contributed by atoms with Gasteiger partial charge in [-0.25, -0.2) is 9.18 Å². The summed E-state index contributed by atoms with van der Waals surface area (Å²) in [5.74, 6) is -2.69. The molecule has 0 spiro atoms. The molecule has 0 atom stereocenters. The predicted octanol–water partition coefficient (Wildman–Crippen LogP) is 5.95. The van der Waals surface area contributed by atoms with Crippen molar-refractivity contribution in [2.75, 3.05) is 0 Å². The van der Waals surface area contributed by atoms with Gasteiger partial charge in [0.1, 0.15) is 0 Å². The first-order valence-electron chi connectivity index (χ1n) is 8.36. The number of halogens is 3. The number of rotatable bonds is 3.